The maximum atomic E-state index is 11.8. The highest BCUT2D eigenvalue weighted by atomic mass is 32.2. The molecule has 1 amide bonds. The van der Waals surface area contributed by atoms with Crippen molar-refractivity contribution < 1.29 is 22.6 Å². The molecule has 1 heterocycles. The van der Waals surface area contributed by atoms with Crippen molar-refractivity contribution in [1.82, 2.24) is 9.88 Å². The summed E-state index contributed by atoms with van der Waals surface area (Å²) in [5.41, 5.74) is 2.69. The molecule has 0 radical (unpaired) electrons. The zero-order valence-corrected chi connectivity index (χ0v) is 14.3. The van der Waals surface area contributed by atoms with E-state index in [0.29, 0.717) is 16.3 Å². The second kappa shape index (κ2) is 7.28. The van der Waals surface area contributed by atoms with E-state index in [9.17, 15) is 22.6 Å². The molecule has 1 aromatic heterocycles. The third kappa shape index (κ3) is 4.31. The van der Waals surface area contributed by atoms with Crippen molar-refractivity contribution in [2.75, 3.05) is 23.9 Å². The first kappa shape index (κ1) is 18.4. The first-order valence-corrected chi connectivity index (χ1v) is 8.40. The summed E-state index contributed by atoms with van der Waals surface area (Å²) in [5.74, 6) is -0.217. The second-order valence-electron chi connectivity index (χ2n) is 5.16. The molecule has 2 rings (SSSR count). The van der Waals surface area contributed by atoms with Crippen LogP contribution in [0, 0.1) is 0 Å². The number of benzene rings is 1. The first-order chi connectivity index (χ1) is 11.7. The van der Waals surface area contributed by atoms with Gasteiger partial charge in [0.05, 0.1) is 11.3 Å². The Balaban J connectivity index is 2.36. The summed E-state index contributed by atoms with van der Waals surface area (Å²) in [4.78, 5) is 28.3. The van der Waals surface area contributed by atoms with E-state index in [-0.39, 0.29) is 23.0 Å². The molecule has 0 unspecified atom stereocenters. The molecule has 10 heteroatoms. The summed E-state index contributed by atoms with van der Waals surface area (Å²) in [6, 6.07) is 8.62. The van der Waals surface area contributed by atoms with Gasteiger partial charge in [-0.3, -0.25) is 19.6 Å². The summed E-state index contributed by atoms with van der Waals surface area (Å²) in [7, 11) is -1.56. The molecule has 0 spiro atoms. The first-order valence-electron chi connectivity index (χ1n) is 7.00. The number of nitrogens with one attached hydrogen (secondary N) is 1. The van der Waals surface area contributed by atoms with Crippen LogP contribution in [0.4, 0.5) is 11.5 Å². The number of rotatable bonds is 6. The predicted molar refractivity (Wildman–Crippen MR) is 91.7 cm³/mol. The third-order valence-electron chi connectivity index (χ3n) is 3.15. The van der Waals surface area contributed by atoms with E-state index in [1.165, 1.54) is 41.4 Å². The molecule has 0 saturated heterocycles. The van der Waals surface area contributed by atoms with E-state index in [1.807, 2.05) is 0 Å². The molecule has 0 aliphatic heterocycles. The van der Waals surface area contributed by atoms with Crippen LogP contribution in [-0.4, -0.2) is 49.1 Å². The van der Waals surface area contributed by atoms with E-state index >= 15 is 0 Å². The molecule has 132 valence electrons. The lowest BCUT2D eigenvalue weighted by molar-refractivity contribution is 0.0827. The summed E-state index contributed by atoms with van der Waals surface area (Å²) < 4.78 is 33.2. The lowest BCUT2D eigenvalue weighted by Crippen LogP contribution is -2.36. The SMILES string of the molecule is CN(C)C(=O)c1ccc(NN(c2ccccc2C=O)S(=O)(=O)O)nc1. The van der Waals surface area contributed by atoms with E-state index in [1.54, 1.807) is 20.2 Å². The number of amides is 1. The number of pyridine rings is 1. The standard InChI is InChI=1S/C15H16N4O5S/c1-18(2)15(21)11-7-8-14(16-9-11)17-19(25(22,23)24)13-6-4-3-5-12(13)10-20/h3-10H,1-2H3,(H,16,17)(H,22,23,24). The monoisotopic (exact) mass is 364 g/mol. The van der Waals surface area contributed by atoms with Crippen molar-refractivity contribution in [3.63, 3.8) is 0 Å². The number of hydrazine groups is 1. The molecule has 9 nitrogen and oxygen atoms in total. The Morgan fingerprint density at radius 1 is 1.20 bits per heavy atom. The fraction of sp³-hybridized carbons (Fsp3) is 0.133. The van der Waals surface area contributed by atoms with E-state index in [0.717, 1.165) is 0 Å². The molecular weight excluding hydrogens is 348 g/mol. The minimum Gasteiger partial charge on any atom is -0.345 e. The lowest BCUT2D eigenvalue weighted by atomic mass is 10.2. The molecule has 0 saturated carbocycles. The zero-order chi connectivity index (χ0) is 18.6. The normalized spacial score (nSPS) is 10.8. The van der Waals surface area contributed by atoms with Crippen LogP contribution in [-0.2, 0) is 10.3 Å². The van der Waals surface area contributed by atoms with Crippen LogP contribution in [0.2, 0.25) is 0 Å². The molecule has 25 heavy (non-hydrogen) atoms. The molecule has 0 fully saturated rings. The Bertz CT molecular complexity index is 881. The summed E-state index contributed by atoms with van der Waals surface area (Å²) in [5, 5.41) is 0. The van der Waals surface area contributed by atoms with Gasteiger partial charge < -0.3 is 4.90 Å². The third-order valence-corrected chi connectivity index (χ3v) is 3.90. The molecule has 2 N–H and O–H groups in total. The molecule has 0 aliphatic carbocycles. The van der Waals surface area contributed by atoms with Crippen LogP contribution in [0.25, 0.3) is 0 Å². The number of anilines is 2. The van der Waals surface area contributed by atoms with Gasteiger partial charge in [-0.25, -0.2) is 4.98 Å². The molecule has 1 aromatic carbocycles. The Morgan fingerprint density at radius 2 is 1.88 bits per heavy atom. The Labute approximate surface area is 144 Å². The van der Waals surface area contributed by atoms with Crippen molar-refractivity contribution in [2.45, 2.75) is 0 Å². The van der Waals surface area contributed by atoms with Gasteiger partial charge in [0.25, 0.3) is 5.91 Å². The van der Waals surface area contributed by atoms with Crippen LogP contribution in [0.15, 0.2) is 42.6 Å². The highest BCUT2D eigenvalue weighted by Crippen LogP contribution is 2.22. The Morgan fingerprint density at radius 3 is 2.40 bits per heavy atom. The van der Waals surface area contributed by atoms with Crippen LogP contribution < -0.4 is 9.84 Å². The van der Waals surface area contributed by atoms with Crippen LogP contribution in [0.3, 0.4) is 0 Å². The van der Waals surface area contributed by atoms with Crippen molar-refractivity contribution >= 4 is 34.0 Å². The largest absolute Gasteiger partial charge is 0.377 e. The summed E-state index contributed by atoms with van der Waals surface area (Å²) in [6.07, 6.45) is 1.72. The average molecular weight is 364 g/mol. The molecular formula is C15H16N4O5S. The smallest absolute Gasteiger partial charge is 0.345 e. The molecule has 2 aromatic rings. The predicted octanol–water partition coefficient (Wildman–Crippen LogP) is 1.23. The molecule has 0 atom stereocenters. The van der Waals surface area contributed by atoms with Crippen molar-refractivity contribution in [1.29, 1.82) is 0 Å². The van der Waals surface area contributed by atoms with Gasteiger partial charge in [-0.1, -0.05) is 12.1 Å². The van der Waals surface area contributed by atoms with E-state index in [2.05, 4.69) is 10.4 Å². The number of nitrogens with zero attached hydrogens (tertiary/aromatic N) is 3. The van der Waals surface area contributed by atoms with Gasteiger partial charge in [0, 0.05) is 25.9 Å². The number of carbonyl (C=O) groups excluding carboxylic acids is 2. The van der Waals surface area contributed by atoms with Crippen molar-refractivity contribution in [3.05, 3.63) is 53.7 Å². The van der Waals surface area contributed by atoms with Gasteiger partial charge in [-0.15, -0.1) is 0 Å². The summed E-state index contributed by atoms with van der Waals surface area (Å²) in [6.45, 7) is 0. The molecule has 0 aliphatic rings. The van der Waals surface area contributed by atoms with Gasteiger partial charge in [-0.05, 0) is 24.3 Å². The number of carbonyl (C=O) groups is 2. The number of aldehydes is 1. The average Bonchev–Trinajstić information content (AvgIpc) is 2.58. The van der Waals surface area contributed by atoms with Crippen molar-refractivity contribution in [2.24, 2.45) is 0 Å². The maximum Gasteiger partial charge on any atom is 0.377 e. The lowest BCUT2D eigenvalue weighted by Gasteiger charge is -2.23. The van der Waals surface area contributed by atoms with Crippen LogP contribution >= 0.6 is 0 Å². The number of para-hydroxylation sites is 1. The Kier molecular flexibility index (Phi) is 5.35. The van der Waals surface area contributed by atoms with Crippen LogP contribution in [0.1, 0.15) is 20.7 Å². The fourth-order valence-electron chi connectivity index (χ4n) is 1.96. The van der Waals surface area contributed by atoms with Gasteiger partial charge in [-0.2, -0.15) is 12.8 Å². The molecule has 0 bridgehead atoms. The Hall–Kier alpha value is -2.98. The van der Waals surface area contributed by atoms with E-state index in [4.69, 9.17) is 0 Å². The number of aromatic nitrogens is 1. The van der Waals surface area contributed by atoms with E-state index < -0.39 is 10.3 Å². The van der Waals surface area contributed by atoms with Gasteiger partial charge >= 0.3 is 10.3 Å². The minimum atomic E-state index is -4.74. The highest BCUT2D eigenvalue weighted by Gasteiger charge is 2.23. The maximum absolute atomic E-state index is 11.8. The zero-order valence-electron chi connectivity index (χ0n) is 13.4. The van der Waals surface area contributed by atoms with Gasteiger partial charge in [0.15, 0.2) is 6.29 Å². The van der Waals surface area contributed by atoms with Gasteiger partial charge in [0.2, 0.25) is 0 Å². The fourth-order valence-corrected chi connectivity index (χ4v) is 2.59. The minimum absolute atomic E-state index is 0.0482. The second-order valence-corrected chi connectivity index (χ2v) is 6.42. The quantitative estimate of drug-likeness (QED) is 0.449. The summed E-state index contributed by atoms with van der Waals surface area (Å²) >= 11 is 0. The highest BCUT2D eigenvalue weighted by molar-refractivity contribution is 7.87. The topological polar surface area (TPSA) is 120 Å². The van der Waals surface area contributed by atoms with Crippen molar-refractivity contribution in [3.8, 4) is 0 Å². The number of hydrogen-bond acceptors (Lipinski definition) is 6. The van der Waals surface area contributed by atoms with Crippen LogP contribution in [0.5, 0.6) is 0 Å². The van der Waals surface area contributed by atoms with Gasteiger partial charge in [0.1, 0.15) is 5.82 Å². The number of hydrogen-bond donors (Lipinski definition) is 2.